The second-order valence-electron chi connectivity index (χ2n) is 10.9. The van der Waals surface area contributed by atoms with Crippen molar-refractivity contribution in [2.24, 2.45) is 5.92 Å². The number of amides is 1. The Morgan fingerprint density at radius 1 is 1.00 bits per heavy atom. The van der Waals surface area contributed by atoms with E-state index in [1.807, 2.05) is 67.6 Å². The minimum atomic E-state index is -2.00. The van der Waals surface area contributed by atoms with Crippen LogP contribution in [0.15, 0.2) is 60.7 Å². The quantitative estimate of drug-likeness (QED) is 0.429. The lowest BCUT2D eigenvalue weighted by Crippen LogP contribution is -2.45. The van der Waals surface area contributed by atoms with E-state index in [0.717, 1.165) is 11.1 Å². The lowest BCUT2D eigenvalue weighted by Gasteiger charge is -2.37. The summed E-state index contributed by atoms with van der Waals surface area (Å²) in [6.45, 7) is 12.9. The van der Waals surface area contributed by atoms with E-state index in [0.29, 0.717) is 12.8 Å². The topological polar surface area (TPSA) is 70.0 Å². The number of carbonyl (C=O) groups excluding carboxylic acids is 1. The van der Waals surface area contributed by atoms with Crippen LogP contribution in [0, 0.1) is 5.92 Å². The van der Waals surface area contributed by atoms with Crippen molar-refractivity contribution in [2.75, 3.05) is 13.7 Å². The van der Waals surface area contributed by atoms with E-state index in [1.165, 1.54) is 0 Å². The molecule has 0 aliphatic heterocycles. The smallest absolute Gasteiger partial charge is 0.226 e. The van der Waals surface area contributed by atoms with Crippen molar-refractivity contribution in [2.45, 2.75) is 76.9 Å². The van der Waals surface area contributed by atoms with Gasteiger partial charge in [0.1, 0.15) is 0 Å². The van der Waals surface area contributed by atoms with Crippen molar-refractivity contribution in [1.29, 1.82) is 0 Å². The Bertz CT molecular complexity index is 882. The molecule has 0 heterocycles. The molecule has 0 saturated heterocycles. The summed E-state index contributed by atoms with van der Waals surface area (Å²) in [5, 5.41) is 21.8. The van der Waals surface area contributed by atoms with Crippen molar-refractivity contribution in [3.8, 4) is 0 Å². The Morgan fingerprint density at radius 2 is 1.53 bits per heavy atom. The van der Waals surface area contributed by atoms with Crippen LogP contribution in [0.3, 0.4) is 0 Å². The van der Waals surface area contributed by atoms with E-state index in [-0.39, 0.29) is 17.6 Å². The Balaban J connectivity index is 2.14. The minimum absolute atomic E-state index is 0.0508. The van der Waals surface area contributed by atoms with Crippen LogP contribution in [0.1, 0.15) is 51.3 Å². The van der Waals surface area contributed by atoms with Gasteiger partial charge in [-0.15, -0.1) is 0 Å². The normalized spacial score (nSPS) is 15.9. The van der Waals surface area contributed by atoms with Crippen molar-refractivity contribution < 1.29 is 19.4 Å². The van der Waals surface area contributed by atoms with Crippen molar-refractivity contribution in [1.82, 2.24) is 4.90 Å². The fraction of sp³-hybridized carbons (Fsp3) is 0.536. The van der Waals surface area contributed by atoms with Crippen LogP contribution >= 0.6 is 0 Å². The number of nitrogens with zero attached hydrogens (tertiary/aromatic N) is 1. The highest BCUT2D eigenvalue weighted by molar-refractivity contribution is 6.74. The SMILES string of the molecule is C[C@@H]([C@@H](O)c1ccccc1)N(C)C(=O)[C@@H](Cc1ccccc1)C[C@@H](O)CO[Si](C)(C)C(C)(C)C. The fourth-order valence-electron chi connectivity index (χ4n) is 3.72. The van der Waals surface area contributed by atoms with Gasteiger partial charge in [0.15, 0.2) is 8.32 Å². The van der Waals surface area contributed by atoms with E-state index < -0.39 is 32.5 Å². The minimum Gasteiger partial charge on any atom is -0.414 e. The first-order valence-electron chi connectivity index (χ1n) is 12.2. The summed E-state index contributed by atoms with van der Waals surface area (Å²) in [7, 11) is -0.269. The molecule has 188 valence electrons. The number of rotatable bonds is 11. The molecule has 0 aromatic heterocycles. The molecule has 0 saturated carbocycles. The van der Waals surface area contributed by atoms with Gasteiger partial charge in [-0.3, -0.25) is 4.79 Å². The van der Waals surface area contributed by atoms with Gasteiger partial charge in [-0.2, -0.15) is 0 Å². The maximum absolute atomic E-state index is 13.6. The number of benzene rings is 2. The van der Waals surface area contributed by atoms with Gasteiger partial charge in [0, 0.05) is 13.0 Å². The molecule has 5 nitrogen and oxygen atoms in total. The molecule has 2 N–H and O–H groups in total. The third-order valence-corrected chi connectivity index (χ3v) is 11.7. The van der Waals surface area contributed by atoms with Crippen LogP contribution in [0.5, 0.6) is 0 Å². The number of hydrogen-bond acceptors (Lipinski definition) is 4. The molecule has 4 atom stereocenters. The molecule has 1 amide bonds. The third kappa shape index (κ3) is 7.77. The molecular formula is C28H43NO4Si. The Morgan fingerprint density at radius 3 is 2.06 bits per heavy atom. The third-order valence-electron chi connectivity index (χ3n) is 7.23. The molecule has 0 spiro atoms. The maximum atomic E-state index is 13.6. The van der Waals surface area contributed by atoms with Crippen LogP contribution in [0.25, 0.3) is 0 Å². The summed E-state index contributed by atoms with van der Waals surface area (Å²) >= 11 is 0. The van der Waals surface area contributed by atoms with Gasteiger partial charge in [-0.25, -0.2) is 0 Å². The van der Waals surface area contributed by atoms with Gasteiger partial charge in [0.05, 0.1) is 24.9 Å². The number of carbonyl (C=O) groups is 1. The van der Waals surface area contributed by atoms with Crippen molar-refractivity contribution >= 4 is 14.2 Å². The number of aliphatic hydroxyl groups is 2. The van der Waals surface area contributed by atoms with Crippen molar-refractivity contribution in [3.05, 3.63) is 71.8 Å². The maximum Gasteiger partial charge on any atom is 0.226 e. The Kier molecular flexibility index (Phi) is 10.1. The molecule has 0 radical (unpaired) electrons. The van der Waals surface area contributed by atoms with Crippen molar-refractivity contribution in [3.63, 3.8) is 0 Å². The monoisotopic (exact) mass is 485 g/mol. The molecule has 0 bridgehead atoms. The summed E-state index contributed by atoms with van der Waals surface area (Å²) in [5.41, 5.74) is 1.82. The Labute approximate surface area is 206 Å². The van der Waals surface area contributed by atoms with E-state index in [1.54, 1.807) is 11.9 Å². The summed E-state index contributed by atoms with van der Waals surface area (Å²) in [4.78, 5) is 15.2. The first-order valence-corrected chi connectivity index (χ1v) is 15.1. The van der Waals surface area contributed by atoms with Crippen LogP contribution in [0.4, 0.5) is 0 Å². The van der Waals surface area contributed by atoms with Gasteiger partial charge < -0.3 is 19.5 Å². The molecular weight excluding hydrogens is 442 g/mol. The first kappa shape index (κ1) is 28.2. The van der Waals surface area contributed by atoms with E-state index in [9.17, 15) is 15.0 Å². The molecule has 2 rings (SSSR count). The number of hydrogen-bond donors (Lipinski definition) is 2. The molecule has 0 aliphatic rings. The lowest BCUT2D eigenvalue weighted by molar-refractivity contribution is -0.139. The lowest BCUT2D eigenvalue weighted by atomic mass is 9.91. The number of aliphatic hydroxyl groups excluding tert-OH is 2. The van der Waals surface area contributed by atoms with Crippen LogP contribution in [-0.2, 0) is 15.6 Å². The van der Waals surface area contributed by atoms with Crippen LogP contribution < -0.4 is 0 Å². The first-order chi connectivity index (χ1) is 15.8. The predicted molar refractivity (Wildman–Crippen MR) is 141 cm³/mol. The molecule has 0 unspecified atom stereocenters. The molecule has 2 aromatic carbocycles. The van der Waals surface area contributed by atoms with Gasteiger partial charge in [-0.1, -0.05) is 81.4 Å². The molecule has 6 heteroatoms. The van der Waals surface area contributed by atoms with E-state index >= 15 is 0 Å². The second kappa shape index (κ2) is 12.1. The molecule has 34 heavy (non-hydrogen) atoms. The summed E-state index contributed by atoms with van der Waals surface area (Å²) in [6, 6.07) is 18.8. The average Bonchev–Trinajstić information content (AvgIpc) is 2.81. The molecule has 0 aliphatic carbocycles. The largest absolute Gasteiger partial charge is 0.414 e. The highest BCUT2D eigenvalue weighted by Gasteiger charge is 2.38. The standard InChI is InChI=1S/C28H43NO4Si/c1-21(26(31)23-16-12-9-13-17-23)29(5)27(32)24(18-22-14-10-8-11-15-22)19-25(30)20-33-34(6,7)28(2,3)4/h8-17,21,24-26,30-31H,18-20H2,1-7H3/t21-,24-,25+,26+/m0/s1. The highest BCUT2D eigenvalue weighted by atomic mass is 28.4. The molecule has 2 aromatic rings. The summed E-state index contributed by atoms with van der Waals surface area (Å²) < 4.78 is 6.21. The predicted octanol–water partition coefficient (Wildman–Crippen LogP) is 5.20. The van der Waals surface area contributed by atoms with Gasteiger partial charge in [-0.05, 0) is 49.0 Å². The Hall–Kier alpha value is -1.99. The fourth-order valence-corrected chi connectivity index (χ4v) is 4.76. The second-order valence-corrected chi connectivity index (χ2v) is 15.7. The zero-order chi connectivity index (χ0) is 25.5. The molecule has 0 fully saturated rings. The summed E-state index contributed by atoms with van der Waals surface area (Å²) in [5.74, 6) is -0.506. The number of likely N-dealkylation sites (N-methyl/N-ethyl adjacent to an activating group) is 1. The van der Waals surface area contributed by atoms with Crippen LogP contribution in [-0.4, -0.2) is 55.1 Å². The zero-order valence-corrected chi connectivity index (χ0v) is 22.9. The van der Waals surface area contributed by atoms with Gasteiger partial charge in [0.2, 0.25) is 5.91 Å². The van der Waals surface area contributed by atoms with E-state index in [2.05, 4.69) is 33.9 Å². The summed E-state index contributed by atoms with van der Waals surface area (Å²) in [6.07, 6.45) is -0.704. The average molecular weight is 486 g/mol. The zero-order valence-electron chi connectivity index (χ0n) is 21.9. The van der Waals surface area contributed by atoms with E-state index in [4.69, 9.17) is 4.43 Å². The van der Waals surface area contributed by atoms with Gasteiger partial charge in [0.25, 0.3) is 0 Å². The highest BCUT2D eigenvalue weighted by Crippen LogP contribution is 2.36. The van der Waals surface area contributed by atoms with Gasteiger partial charge >= 0.3 is 0 Å². The van der Waals surface area contributed by atoms with Crippen LogP contribution in [0.2, 0.25) is 18.1 Å².